The van der Waals surface area contributed by atoms with Crippen molar-refractivity contribution >= 4 is 35.0 Å². The van der Waals surface area contributed by atoms with Crippen LogP contribution in [-0.2, 0) is 9.59 Å². The summed E-state index contributed by atoms with van der Waals surface area (Å²) in [6.07, 6.45) is 0. The first-order valence-electron chi connectivity index (χ1n) is 8.40. The Labute approximate surface area is 166 Å². The summed E-state index contributed by atoms with van der Waals surface area (Å²) in [5, 5.41) is 12.9. The average molecular weight is 397 g/mol. The smallest absolute Gasteiger partial charge is 0.234 e. The molecule has 2 aromatic carbocycles. The first-order valence-corrected chi connectivity index (χ1v) is 9.39. The van der Waals surface area contributed by atoms with Crippen molar-refractivity contribution in [2.45, 2.75) is 12.1 Å². The molecule has 9 heteroatoms. The number of anilines is 2. The fraction of sp³-hybridized carbons (Fsp3) is 0.158. The van der Waals surface area contributed by atoms with Crippen LogP contribution in [0.15, 0.2) is 53.7 Å². The predicted octanol–water partition coefficient (Wildman–Crippen LogP) is 3.17. The fourth-order valence-corrected chi connectivity index (χ4v) is 2.95. The van der Waals surface area contributed by atoms with Crippen molar-refractivity contribution in [2.75, 3.05) is 23.5 Å². The van der Waals surface area contributed by atoms with E-state index in [-0.39, 0.29) is 17.6 Å². The van der Waals surface area contributed by atoms with Crippen LogP contribution >= 0.6 is 11.8 Å². The molecule has 1 aromatic heterocycles. The molecule has 3 rings (SSSR count). The van der Waals surface area contributed by atoms with Gasteiger partial charge >= 0.3 is 0 Å². The number of H-pyrrole nitrogens is 1. The third-order valence-corrected chi connectivity index (χ3v) is 4.50. The van der Waals surface area contributed by atoms with Crippen molar-refractivity contribution in [1.29, 1.82) is 0 Å². The van der Waals surface area contributed by atoms with Gasteiger partial charge in [0.15, 0.2) is 5.82 Å². The molecule has 144 valence electrons. The molecule has 0 radical (unpaired) electrons. The third kappa shape index (κ3) is 5.34. The van der Waals surface area contributed by atoms with Crippen molar-refractivity contribution in [2.24, 2.45) is 0 Å². The summed E-state index contributed by atoms with van der Waals surface area (Å²) >= 11 is 1.24. The summed E-state index contributed by atoms with van der Waals surface area (Å²) in [5.41, 5.74) is 2.20. The lowest BCUT2D eigenvalue weighted by molar-refractivity contribution is -0.114. The van der Waals surface area contributed by atoms with Crippen LogP contribution < -0.4 is 15.4 Å². The molecule has 1 heterocycles. The highest BCUT2D eigenvalue weighted by Gasteiger charge is 2.10. The maximum atomic E-state index is 12.1. The number of methoxy groups -OCH3 is 1. The van der Waals surface area contributed by atoms with Crippen LogP contribution in [0.2, 0.25) is 0 Å². The number of aromatic amines is 1. The largest absolute Gasteiger partial charge is 0.497 e. The summed E-state index contributed by atoms with van der Waals surface area (Å²) in [7, 11) is 1.61. The van der Waals surface area contributed by atoms with Gasteiger partial charge in [-0.1, -0.05) is 11.8 Å². The van der Waals surface area contributed by atoms with Gasteiger partial charge in [-0.25, -0.2) is 4.98 Å². The number of benzene rings is 2. The van der Waals surface area contributed by atoms with Crippen molar-refractivity contribution in [3.05, 3.63) is 48.5 Å². The number of thioether (sulfide) groups is 1. The van der Waals surface area contributed by atoms with E-state index in [0.29, 0.717) is 22.4 Å². The first kappa shape index (κ1) is 19.4. The van der Waals surface area contributed by atoms with E-state index < -0.39 is 0 Å². The molecule has 0 saturated carbocycles. The summed E-state index contributed by atoms with van der Waals surface area (Å²) in [6.45, 7) is 1.44. The minimum atomic E-state index is -0.173. The lowest BCUT2D eigenvalue weighted by atomic mass is 10.2. The van der Waals surface area contributed by atoms with Crippen LogP contribution in [0.5, 0.6) is 5.75 Å². The highest BCUT2D eigenvalue weighted by atomic mass is 32.2. The van der Waals surface area contributed by atoms with E-state index in [2.05, 4.69) is 25.8 Å². The molecule has 0 aliphatic rings. The molecule has 0 fully saturated rings. The Bertz CT molecular complexity index is 954. The molecule has 0 aliphatic heterocycles. The van der Waals surface area contributed by atoms with Gasteiger partial charge in [0.25, 0.3) is 0 Å². The number of nitrogens with one attached hydrogen (secondary N) is 3. The van der Waals surface area contributed by atoms with Crippen molar-refractivity contribution < 1.29 is 14.3 Å². The fourth-order valence-electron chi connectivity index (χ4n) is 2.36. The Morgan fingerprint density at radius 2 is 1.68 bits per heavy atom. The first-order chi connectivity index (χ1) is 13.5. The zero-order valence-corrected chi connectivity index (χ0v) is 16.2. The van der Waals surface area contributed by atoms with Crippen LogP contribution in [0.4, 0.5) is 11.4 Å². The number of aromatic nitrogens is 3. The van der Waals surface area contributed by atoms with Gasteiger partial charge in [0, 0.05) is 23.9 Å². The van der Waals surface area contributed by atoms with E-state index in [1.165, 1.54) is 18.7 Å². The van der Waals surface area contributed by atoms with Gasteiger partial charge in [-0.2, -0.15) is 0 Å². The molecular formula is C19H19N5O3S. The lowest BCUT2D eigenvalue weighted by Gasteiger charge is -2.06. The van der Waals surface area contributed by atoms with Crippen molar-refractivity contribution in [1.82, 2.24) is 15.2 Å². The molecule has 3 N–H and O–H groups in total. The number of hydrogen-bond donors (Lipinski definition) is 3. The molecule has 8 nitrogen and oxygen atoms in total. The number of hydrogen-bond acceptors (Lipinski definition) is 6. The van der Waals surface area contributed by atoms with E-state index in [1.807, 2.05) is 24.3 Å². The van der Waals surface area contributed by atoms with Crippen molar-refractivity contribution in [3.8, 4) is 17.1 Å². The second-order valence-electron chi connectivity index (χ2n) is 5.79. The van der Waals surface area contributed by atoms with Gasteiger partial charge in [-0.15, -0.1) is 5.10 Å². The van der Waals surface area contributed by atoms with Gasteiger partial charge in [0.05, 0.1) is 12.9 Å². The molecule has 0 aliphatic carbocycles. The highest BCUT2D eigenvalue weighted by molar-refractivity contribution is 7.99. The average Bonchev–Trinajstić information content (AvgIpc) is 3.17. The lowest BCUT2D eigenvalue weighted by Crippen LogP contribution is -2.14. The summed E-state index contributed by atoms with van der Waals surface area (Å²) in [6, 6.07) is 14.3. The van der Waals surface area contributed by atoms with Crippen molar-refractivity contribution in [3.63, 3.8) is 0 Å². The Balaban J connectivity index is 1.52. The normalized spacial score (nSPS) is 10.4. The summed E-state index contributed by atoms with van der Waals surface area (Å²) in [5.74, 6) is 1.24. The van der Waals surface area contributed by atoms with Gasteiger partial charge < -0.3 is 15.4 Å². The molecule has 0 unspecified atom stereocenters. The van der Waals surface area contributed by atoms with E-state index in [0.717, 1.165) is 11.3 Å². The van der Waals surface area contributed by atoms with Crippen LogP contribution in [0, 0.1) is 0 Å². The molecule has 0 bridgehead atoms. The number of rotatable bonds is 7. The zero-order chi connectivity index (χ0) is 19.9. The van der Waals surface area contributed by atoms with Crippen LogP contribution in [0.3, 0.4) is 0 Å². The topological polar surface area (TPSA) is 109 Å². The van der Waals surface area contributed by atoms with Gasteiger partial charge in [0.1, 0.15) is 5.75 Å². The maximum absolute atomic E-state index is 12.1. The standard InChI is InChI=1S/C19H19N5O3S/c1-12(25)20-14-5-7-15(8-6-14)21-17(26)11-28-19-22-18(23-24-19)13-3-9-16(27-2)10-4-13/h3-10H,11H2,1-2H3,(H,20,25)(H,21,26)(H,22,23,24). The minimum absolute atomic E-state index is 0.145. The number of carbonyl (C=O) groups is 2. The SMILES string of the molecule is COc1ccc(-c2nc(SCC(=O)Nc3ccc(NC(C)=O)cc3)n[nH]2)cc1. The summed E-state index contributed by atoms with van der Waals surface area (Å²) in [4.78, 5) is 27.5. The van der Waals surface area contributed by atoms with Gasteiger partial charge in [-0.3, -0.25) is 14.7 Å². The second kappa shape index (κ2) is 9.05. The Morgan fingerprint density at radius 1 is 1.04 bits per heavy atom. The molecule has 0 atom stereocenters. The predicted molar refractivity (Wildman–Crippen MR) is 108 cm³/mol. The van der Waals surface area contributed by atoms with E-state index >= 15 is 0 Å². The number of nitrogens with zero attached hydrogens (tertiary/aromatic N) is 2. The molecule has 28 heavy (non-hydrogen) atoms. The van der Waals surface area contributed by atoms with Crippen LogP contribution in [0.25, 0.3) is 11.4 Å². The van der Waals surface area contributed by atoms with E-state index in [9.17, 15) is 9.59 Å². The maximum Gasteiger partial charge on any atom is 0.234 e. The van der Waals surface area contributed by atoms with E-state index in [4.69, 9.17) is 4.74 Å². The zero-order valence-electron chi connectivity index (χ0n) is 15.4. The van der Waals surface area contributed by atoms with Crippen LogP contribution in [-0.4, -0.2) is 39.9 Å². The third-order valence-electron chi connectivity index (χ3n) is 3.65. The monoisotopic (exact) mass is 397 g/mol. The number of ether oxygens (including phenoxy) is 1. The second-order valence-corrected chi connectivity index (χ2v) is 6.73. The molecule has 3 aromatic rings. The molecular weight excluding hydrogens is 378 g/mol. The highest BCUT2D eigenvalue weighted by Crippen LogP contribution is 2.22. The van der Waals surface area contributed by atoms with E-state index in [1.54, 1.807) is 31.4 Å². The van der Waals surface area contributed by atoms with Gasteiger partial charge in [0.2, 0.25) is 17.0 Å². The number of amides is 2. The Kier molecular flexibility index (Phi) is 6.28. The Morgan fingerprint density at radius 3 is 2.29 bits per heavy atom. The molecule has 0 saturated heterocycles. The Hall–Kier alpha value is -3.33. The molecule has 2 amide bonds. The number of carbonyl (C=O) groups excluding carboxylic acids is 2. The quantitative estimate of drug-likeness (QED) is 0.529. The van der Waals surface area contributed by atoms with Crippen LogP contribution in [0.1, 0.15) is 6.92 Å². The minimum Gasteiger partial charge on any atom is -0.497 e. The molecule has 0 spiro atoms. The summed E-state index contributed by atoms with van der Waals surface area (Å²) < 4.78 is 5.13. The van der Waals surface area contributed by atoms with Gasteiger partial charge in [-0.05, 0) is 48.5 Å².